The molecule has 1 aliphatic heterocycles. The van der Waals surface area contributed by atoms with Gasteiger partial charge in [0.1, 0.15) is 5.82 Å². The summed E-state index contributed by atoms with van der Waals surface area (Å²) in [5.74, 6) is 1.80. The van der Waals surface area contributed by atoms with Gasteiger partial charge in [-0.05, 0) is 32.0 Å². The lowest BCUT2D eigenvalue weighted by atomic mass is 9.97. The van der Waals surface area contributed by atoms with Gasteiger partial charge in [0, 0.05) is 23.0 Å². The maximum absolute atomic E-state index is 4.67. The van der Waals surface area contributed by atoms with Crippen molar-refractivity contribution in [2.45, 2.75) is 18.8 Å². The third-order valence-corrected chi connectivity index (χ3v) is 4.57. The Kier molecular flexibility index (Phi) is 3.71. The summed E-state index contributed by atoms with van der Waals surface area (Å²) in [6, 6.07) is 8.31. The van der Waals surface area contributed by atoms with E-state index in [4.69, 9.17) is 0 Å². The van der Waals surface area contributed by atoms with Crippen molar-refractivity contribution in [2.24, 2.45) is 7.05 Å². The topological polar surface area (TPSA) is 29.9 Å². The second-order valence-corrected chi connectivity index (χ2v) is 5.92. The van der Waals surface area contributed by atoms with Crippen LogP contribution in [-0.4, -0.2) is 22.6 Å². The average molecular weight is 320 g/mol. The molecule has 0 spiro atoms. The number of nitrogens with zero attached hydrogens (tertiary/aromatic N) is 2. The molecule has 3 rings (SSSR count). The molecule has 2 aromatic rings. The molecule has 0 aliphatic carbocycles. The zero-order valence-electron chi connectivity index (χ0n) is 11.1. The summed E-state index contributed by atoms with van der Waals surface area (Å²) < 4.78 is 3.37. The molecule has 100 valence electrons. The van der Waals surface area contributed by atoms with Crippen molar-refractivity contribution in [3.63, 3.8) is 0 Å². The summed E-state index contributed by atoms with van der Waals surface area (Å²) in [5, 5.41) is 3.41. The van der Waals surface area contributed by atoms with Crippen molar-refractivity contribution < 1.29 is 0 Å². The van der Waals surface area contributed by atoms with E-state index in [0.29, 0.717) is 5.92 Å². The highest BCUT2D eigenvalue weighted by Crippen LogP contribution is 2.31. The molecule has 1 aliphatic rings. The molecule has 0 atom stereocenters. The monoisotopic (exact) mass is 319 g/mol. The van der Waals surface area contributed by atoms with Gasteiger partial charge in [0.2, 0.25) is 0 Å². The zero-order valence-corrected chi connectivity index (χ0v) is 12.7. The van der Waals surface area contributed by atoms with Crippen LogP contribution in [0.2, 0.25) is 0 Å². The summed E-state index contributed by atoms with van der Waals surface area (Å²) in [5.41, 5.74) is 2.39. The molecule has 0 bridgehead atoms. The summed E-state index contributed by atoms with van der Waals surface area (Å²) >= 11 is 3.62. The minimum absolute atomic E-state index is 0.586. The molecule has 0 amide bonds. The van der Waals surface area contributed by atoms with E-state index in [2.05, 4.69) is 56.0 Å². The molecule has 1 aromatic heterocycles. The molecule has 1 N–H and O–H groups in total. The molecular weight excluding hydrogens is 302 g/mol. The molecule has 0 radical (unpaired) electrons. The number of benzene rings is 1. The number of halogens is 1. The molecule has 4 heteroatoms. The van der Waals surface area contributed by atoms with Gasteiger partial charge < -0.3 is 9.88 Å². The number of imidazole rings is 1. The van der Waals surface area contributed by atoms with Gasteiger partial charge in [-0.1, -0.05) is 34.1 Å². The Bertz CT molecular complexity index is 571. The van der Waals surface area contributed by atoms with E-state index in [0.717, 1.165) is 17.6 Å². The van der Waals surface area contributed by atoms with Crippen LogP contribution in [0.1, 0.15) is 24.6 Å². The number of rotatable bonds is 2. The minimum Gasteiger partial charge on any atom is -0.331 e. The van der Waals surface area contributed by atoms with Crippen molar-refractivity contribution in [3.8, 4) is 11.3 Å². The van der Waals surface area contributed by atoms with Crippen LogP contribution in [0, 0.1) is 0 Å². The van der Waals surface area contributed by atoms with E-state index < -0.39 is 0 Å². The molecule has 0 saturated carbocycles. The largest absolute Gasteiger partial charge is 0.331 e. The normalized spacial score (nSPS) is 16.7. The van der Waals surface area contributed by atoms with Gasteiger partial charge in [-0.3, -0.25) is 0 Å². The maximum Gasteiger partial charge on any atom is 0.112 e. The van der Waals surface area contributed by atoms with E-state index in [1.807, 2.05) is 12.3 Å². The van der Waals surface area contributed by atoms with E-state index in [1.165, 1.54) is 29.9 Å². The maximum atomic E-state index is 4.67. The lowest BCUT2D eigenvalue weighted by Gasteiger charge is -2.22. The first kappa shape index (κ1) is 12.9. The van der Waals surface area contributed by atoms with Crippen LogP contribution in [0.3, 0.4) is 0 Å². The number of hydrogen-bond acceptors (Lipinski definition) is 2. The third-order valence-electron chi connectivity index (χ3n) is 3.88. The second kappa shape index (κ2) is 5.47. The van der Waals surface area contributed by atoms with Gasteiger partial charge >= 0.3 is 0 Å². The molecule has 2 heterocycles. The van der Waals surface area contributed by atoms with Gasteiger partial charge in [-0.15, -0.1) is 0 Å². The Balaban J connectivity index is 1.97. The van der Waals surface area contributed by atoms with Crippen molar-refractivity contribution in [1.82, 2.24) is 14.9 Å². The number of nitrogens with one attached hydrogen (secondary N) is 1. The minimum atomic E-state index is 0.586. The van der Waals surface area contributed by atoms with Crippen LogP contribution in [-0.2, 0) is 7.05 Å². The van der Waals surface area contributed by atoms with Crippen LogP contribution < -0.4 is 5.32 Å². The lowest BCUT2D eigenvalue weighted by molar-refractivity contribution is 0.437. The van der Waals surface area contributed by atoms with Gasteiger partial charge in [0.05, 0.1) is 11.9 Å². The fourth-order valence-corrected chi connectivity index (χ4v) is 3.29. The average Bonchev–Trinajstić information content (AvgIpc) is 2.82. The molecule has 3 nitrogen and oxygen atoms in total. The van der Waals surface area contributed by atoms with E-state index in [-0.39, 0.29) is 0 Å². The smallest absolute Gasteiger partial charge is 0.112 e. The Labute approximate surface area is 122 Å². The van der Waals surface area contributed by atoms with Crippen LogP contribution in [0.15, 0.2) is 34.9 Å². The van der Waals surface area contributed by atoms with Crippen LogP contribution in [0.5, 0.6) is 0 Å². The molecule has 1 aromatic carbocycles. The van der Waals surface area contributed by atoms with Gasteiger partial charge in [0.15, 0.2) is 0 Å². The second-order valence-electron chi connectivity index (χ2n) is 5.06. The fourth-order valence-electron chi connectivity index (χ4n) is 2.80. The lowest BCUT2D eigenvalue weighted by Crippen LogP contribution is -2.27. The van der Waals surface area contributed by atoms with Crippen LogP contribution >= 0.6 is 15.9 Å². The highest BCUT2D eigenvalue weighted by atomic mass is 79.9. The number of piperidine rings is 1. The van der Waals surface area contributed by atoms with Crippen molar-refractivity contribution in [3.05, 3.63) is 40.8 Å². The van der Waals surface area contributed by atoms with Crippen molar-refractivity contribution >= 4 is 15.9 Å². The zero-order chi connectivity index (χ0) is 13.2. The van der Waals surface area contributed by atoms with Gasteiger partial charge in [-0.2, -0.15) is 0 Å². The quantitative estimate of drug-likeness (QED) is 0.920. The number of hydrogen-bond donors (Lipinski definition) is 1. The van der Waals surface area contributed by atoms with E-state index in [9.17, 15) is 0 Å². The first-order valence-corrected chi connectivity index (χ1v) is 7.54. The Morgan fingerprint density at radius 2 is 2.00 bits per heavy atom. The Hall–Kier alpha value is -1.13. The van der Waals surface area contributed by atoms with Crippen LogP contribution in [0.25, 0.3) is 11.3 Å². The molecule has 0 unspecified atom stereocenters. The highest BCUT2D eigenvalue weighted by molar-refractivity contribution is 9.10. The summed E-state index contributed by atoms with van der Waals surface area (Å²) in [7, 11) is 2.12. The first-order valence-electron chi connectivity index (χ1n) is 6.74. The van der Waals surface area contributed by atoms with Crippen molar-refractivity contribution in [2.75, 3.05) is 13.1 Å². The van der Waals surface area contributed by atoms with Gasteiger partial charge in [0.25, 0.3) is 0 Å². The number of aromatic nitrogens is 2. The SMILES string of the molecule is Cn1c(-c2ccccc2Br)cnc1C1CCNCC1. The Morgan fingerprint density at radius 3 is 2.74 bits per heavy atom. The van der Waals surface area contributed by atoms with Crippen molar-refractivity contribution in [1.29, 1.82) is 0 Å². The standard InChI is InChI=1S/C15H18BrN3/c1-19-14(12-4-2-3-5-13(12)16)10-18-15(19)11-6-8-17-9-7-11/h2-5,10-11,17H,6-9H2,1H3. The third kappa shape index (κ3) is 2.47. The van der Waals surface area contributed by atoms with E-state index >= 15 is 0 Å². The fraction of sp³-hybridized carbons (Fsp3) is 0.400. The van der Waals surface area contributed by atoms with Gasteiger partial charge in [-0.25, -0.2) is 4.98 Å². The summed E-state index contributed by atoms with van der Waals surface area (Å²) in [6.45, 7) is 2.20. The predicted octanol–water partition coefficient (Wildman–Crippen LogP) is 3.32. The van der Waals surface area contributed by atoms with Crippen LogP contribution in [0.4, 0.5) is 0 Å². The van der Waals surface area contributed by atoms with E-state index in [1.54, 1.807) is 0 Å². The highest BCUT2D eigenvalue weighted by Gasteiger charge is 2.21. The molecular formula is C15H18BrN3. The summed E-state index contributed by atoms with van der Waals surface area (Å²) in [4.78, 5) is 4.67. The molecule has 1 fully saturated rings. The summed E-state index contributed by atoms with van der Waals surface area (Å²) in [6.07, 6.45) is 4.36. The predicted molar refractivity (Wildman–Crippen MR) is 81.2 cm³/mol. The first-order chi connectivity index (χ1) is 9.27. The Morgan fingerprint density at radius 1 is 1.26 bits per heavy atom. The molecule has 19 heavy (non-hydrogen) atoms. The molecule has 1 saturated heterocycles.